The second kappa shape index (κ2) is 10.4. The average Bonchev–Trinajstić information content (AvgIpc) is 3.45. The zero-order valence-corrected chi connectivity index (χ0v) is 22.7. The molecule has 0 saturated carbocycles. The molecule has 0 saturated heterocycles. The lowest BCUT2D eigenvalue weighted by Gasteiger charge is -2.26. The van der Waals surface area contributed by atoms with E-state index in [2.05, 4.69) is 15.9 Å². The van der Waals surface area contributed by atoms with Crippen molar-refractivity contribution in [2.45, 2.75) is 13.0 Å². The number of hydrogen-bond acceptors (Lipinski definition) is 7. The van der Waals surface area contributed by atoms with Crippen LogP contribution in [0.1, 0.15) is 29.0 Å². The highest BCUT2D eigenvalue weighted by atomic mass is 79.9. The van der Waals surface area contributed by atoms with E-state index in [9.17, 15) is 9.59 Å². The molecule has 0 bridgehead atoms. The van der Waals surface area contributed by atoms with Crippen LogP contribution >= 0.6 is 38.6 Å². The highest BCUT2D eigenvalue weighted by molar-refractivity contribution is 9.11. The Morgan fingerprint density at radius 3 is 2.47 bits per heavy atom. The number of ether oxygens (including phenoxy) is 2. The van der Waals surface area contributed by atoms with Crippen LogP contribution in [0.3, 0.4) is 0 Å². The lowest BCUT2D eigenvalue weighted by molar-refractivity contribution is -0.138. The molecule has 2 aromatic carbocycles. The Morgan fingerprint density at radius 2 is 1.83 bits per heavy atom. The van der Waals surface area contributed by atoms with E-state index in [0.717, 1.165) is 19.8 Å². The minimum Gasteiger partial charge on any atom is -0.497 e. The summed E-state index contributed by atoms with van der Waals surface area (Å²) >= 11 is 6.32. The van der Waals surface area contributed by atoms with Crippen LogP contribution in [0.25, 0.3) is 11.8 Å². The summed E-state index contributed by atoms with van der Waals surface area (Å²) in [5.41, 5.74) is 2.15. The monoisotopic (exact) mass is 580 g/mol. The fraction of sp³-hybridized carbons (Fsp3) is 0.148. The molecule has 1 aliphatic rings. The van der Waals surface area contributed by atoms with Crippen molar-refractivity contribution in [3.05, 3.63) is 112 Å². The third-order valence-corrected chi connectivity index (χ3v) is 8.23. The molecule has 182 valence electrons. The predicted octanol–water partition coefficient (Wildman–Crippen LogP) is 4.77. The van der Waals surface area contributed by atoms with Crippen molar-refractivity contribution in [3.63, 3.8) is 0 Å². The minimum atomic E-state index is -0.710. The first-order valence-corrected chi connectivity index (χ1v) is 13.6. The Kier molecular flexibility index (Phi) is 7.04. The van der Waals surface area contributed by atoms with Crippen LogP contribution in [0.4, 0.5) is 0 Å². The summed E-state index contributed by atoms with van der Waals surface area (Å²) < 4.78 is 13.9. The zero-order valence-electron chi connectivity index (χ0n) is 19.4. The van der Waals surface area contributed by atoms with Crippen LogP contribution in [-0.4, -0.2) is 24.3 Å². The van der Waals surface area contributed by atoms with E-state index in [1.807, 2.05) is 72.8 Å². The predicted molar refractivity (Wildman–Crippen MR) is 146 cm³/mol. The summed E-state index contributed by atoms with van der Waals surface area (Å²) in [6, 6.07) is 20.1. The number of carbonyl (C=O) groups is 1. The number of nitrogens with zero attached hydrogens (tertiary/aromatic N) is 2. The topological polar surface area (TPSA) is 69.9 Å². The van der Waals surface area contributed by atoms with Crippen LogP contribution < -0.4 is 19.6 Å². The fourth-order valence-corrected chi connectivity index (χ4v) is 6.51. The number of benzene rings is 2. The maximum atomic E-state index is 13.8. The third kappa shape index (κ3) is 4.61. The molecule has 0 fully saturated rings. The number of thiophene rings is 1. The van der Waals surface area contributed by atoms with E-state index in [-0.39, 0.29) is 12.2 Å². The number of fused-ring (bicyclic) bond motifs is 1. The largest absolute Gasteiger partial charge is 0.497 e. The molecule has 0 aliphatic carbocycles. The van der Waals surface area contributed by atoms with Gasteiger partial charge in [0, 0.05) is 10.4 Å². The van der Waals surface area contributed by atoms with Crippen molar-refractivity contribution in [2.75, 3.05) is 13.7 Å². The molecule has 1 aliphatic heterocycles. The smallest absolute Gasteiger partial charge is 0.338 e. The van der Waals surface area contributed by atoms with Crippen LogP contribution in [0.2, 0.25) is 0 Å². The second-order valence-electron chi connectivity index (χ2n) is 7.85. The molecule has 3 heterocycles. The van der Waals surface area contributed by atoms with Gasteiger partial charge in [0.05, 0.1) is 39.3 Å². The first-order valence-electron chi connectivity index (χ1n) is 11.2. The van der Waals surface area contributed by atoms with Gasteiger partial charge >= 0.3 is 5.97 Å². The van der Waals surface area contributed by atoms with Crippen molar-refractivity contribution in [3.8, 4) is 5.75 Å². The lowest BCUT2D eigenvalue weighted by Crippen LogP contribution is -2.39. The number of halogens is 1. The van der Waals surface area contributed by atoms with Gasteiger partial charge < -0.3 is 9.47 Å². The van der Waals surface area contributed by atoms with Gasteiger partial charge in [-0.05, 0) is 58.8 Å². The van der Waals surface area contributed by atoms with Crippen molar-refractivity contribution in [2.24, 2.45) is 4.99 Å². The van der Waals surface area contributed by atoms with E-state index in [1.54, 1.807) is 18.6 Å². The average molecular weight is 582 g/mol. The standard InChI is InChI=1S/C27H21BrN2O4S2/c1-3-34-26(32)22-23(16-7-5-4-6-8-16)29-27-30(24(22)17-9-11-18(33-2)12-10-17)25(31)20(36-27)15-19-13-14-21(28)35-19/h4-15,24H,3H2,1-2H3/b20-15+/t24-/m1/s1. The van der Waals surface area contributed by atoms with Gasteiger partial charge in [-0.2, -0.15) is 0 Å². The van der Waals surface area contributed by atoms with Gasteiger partial charge in [0.1, 0.15) is 5.75 Å². The van der Waals surface area contributed by atoms with Gasteiger partial charge in [0.15, 0.2) is 4.80 Å². The molecule has 1 atom stereocenters. The molecule has 5 rings (SSSR count). The third-order valence-electron chi connectivity index (χ3n) is 5.67. The summed E-state index contributed by atoms with van der Waals surface area (Å²) in [5, 5.41) is 0. The van der Waals surface area contributed by atoms with E-state index in [0.29, 0.717) is 26.4 Å². The van der Waals surface area contributed by atoms with Gasteiger partial charge in [0.25, 0.3) is 5.56 Å². The van der Waals surface area contributed by atoms with E-state index in [1.165, 1.54) is 22.7 Å². The van der Waals surface area contributed by atoms with Crippen LogP contribution in [-0.2, 0) is 9.53 Å². The van der Waals surface area contributed by atoms with Crippen LogP contribution in [0, 0.1) is 0 Å². The second-order valence-corrected chi connectivity index (χ2v) is 11.4. The Bertz CT molecular complexity index is 1630. The molecule has 9 heteroatoms. The van der Waals surface area contributed by atoms with Gasteiger partial charge in [0.2, 0.25) is 0 Å². The van der Waals surface area contributed by atoms with Crippen LogP contribution in [0.15, 0.2) is 85.9 Å². The zero-order chi connectivity index (χ0) is 25.2. The molecule has 0 N–H and O–H groups in total. The molecule has 6 nitrogen and oxygen atoms in total. The number of thiazole rings is 1. The number of esters is 1. The van der Waals surface area contributed by atoms with Crippen molar-refractivity contribution in [1.82, 2.24) is 4.57 Å². The minimum absolute atomic E-state index is 0.206. The summed E-state index contributed by atoms with van der Waals surface area (Å²) in [6.07, 6.45) is 1.86. The highest BCUT2D eigenvalue weighted by Crippen LogP contribution is 2.35. The number of carbonyl (C=O) groups excluding carboxylic acids is 1. The molecule has 0 amide bonds. The number of methoxy groups -OCH3 is 1. The quantitative estimate of drug-likeness (QED) is 0.308. The molecule has 0 spiro atoms. The molecular weight excluding hydrogens is 560 g/mol. The molecular formula is C27H21BrN2O4S2. The normalized spacial score (nSPS) is 15.4. The van der Waals surface area contributed by atoms with Gasteiger partial charge in [-0.1, -0.05) is 53.8 Å². The molecule has 0 radical (unpaired) electrons. The SMILES string of the molecule is CCOC(=O)C1=C(c2ccccc2)N=c2s/c(=C/c3ccc(Br)s3)c(=O)n2[C@@H]1c1ccc(OC)cc1. The Labute approximate surface area is 223 Å². The molecule has 36 heavy (non-hydrogen) atoms. The Balaban J connectivity index is 1.82. The molecule has 4 aromatic rings. The number of rotatable bonds is 6. The first kappa shape index (κ1) is 24.4. The summed E-state index contributed by atoms with van der Waals surface area (Å²) in [6.45, 7) is 1.97. The molecule has 0 unspecified atom stereocenters. The fourth-order valence-electron chi connectivity index (χ4n) is 4.08. The Morgan fingerprint density at radius 1 is 1.08 bits per heavy atom. The van der Waals surface area contributed by atoms with E-state index < -0.39 is 12.0 Å². The first-order chi connectivity index (χ1) is 17.5. The van der Waals surface area contributed by atoms with Gasteiger partial charge in [-0.3, -0.25) is 9.36 Å². The van der Waals surface area contributed by atoms with Crippen molar-refractivity contribution >= 4 is 56.3 Å². The van der Waals surface area contributed by atoms with E-state index >= 15 is 0 Å². The summed E-state index contributed by atoms with van der Waals surface area (Å²) in [7, 11) is 1.60. The van der Waals surface area contributed by atoms with E-state index in [4.69, 9.17) is 14.5 Å². The maximum absolute atomic E-state index is 13.8. The Hall–Kier alpha value is -3.27. The van der Waals surface area contributed by atoms with Crippen LogP contribution in [0.5, 0.6) is 5.75 Å². The van der Waals surface area contributed by atoms with Crippen molar-refractivity contribution < 1.29 is 14.3 Å². The number of aromatic nitrogens is 1. The van der Waals surface area contributed by atoms with Gasteiger partial charge in [-0.25, -0.2) is 9.79 Å². The lowest BCUT2D eigenvalue weighted by atomic mass is 9.93. The summed E-state index contributed by atoms with van der Waals surface area (Å²) in [5.74, 6) is 0.178. The molecule has 2 aromatic heterocycles. The maximum Gasteiger partial charge on any atom is 0.338 e. The van der Waals surface area contributed by atoms with Gasteiger partial charge in [-0.15, -0.1) is 11.3 Å². The highest BCUT2D eigenvalue weighted by Gasteiger charge is 2.35. The van der Waals surface area contributed by atoms with Crippen molar-refractivity contribution in [1.29, 1.82) is 0 Å². The summed E-state index contributed by atoms with van der Waals surface area (Å²) in [4.78, 5) is 33.5. The number of hydrogen-bond donors (Lipinski definition) is 0.